The van der Waals surface area contributed by atoms with Crippen LogP contribution in [-0.4, -0.2) is 54.5 Å². The van der Waals surface area contributed by atoms with Gasteiger partial charge in [-0.25, -0.2) is 8.42 Å². The lowest BCUT2D eigenvalue weighted by Gasteiger charge is -2.35. The average molecular weight is 572 g/mol. The standard InChI is InChI=1S/C32H49N3O4S/c1-9-35(32(6,7)8)40(37,38)29-16-15-24(17-27(29)31(3,4)5)28-18-26(30(36)33-25-20-39-21-25)22(2)34(28)19-23-13-11-10-12-14-23/h15-18,23,25H,9-14,19-21H2,1-8H3,(H,33,36). The van der Waals surface area contributed by atoms with Crippen molar-refractivity contribution in [3.05, 3.63) is 41.1 Å². The lowest BCUT2D eigenvalue weighted by atomic mass is 9.85. The van der Waals surface area contributed by atoms with E-state index in [-0.39, 0.29) is 11.9 Å². The summed E-state index contributed by atoms with van der Waals surface area (Å²) in [5.41, 5.74) is 3.38. The predicted molar refractivity (Wildman–Crippen MR) is 161 cm³/mol. The zero-order valence-corrected chi connectivity index (χ0v) is 26.6. The number of carbonyl (C=O) groups excluding carboxylic acids is 1. The molecule has 1 aromatic heterocycles. The molecule has 1 saturated carbocycles. The third kappa shape index (κ3) is 6.34. The number of nitrogens with zero attached hydrogens (tertiary/aromatic N) is 2. The monoisotopic (exact) mass is 571 g/mol. The van der Waals surface area contributed by atoms with Crippen LogP contribution in [0.2, 0.25) is 0 Å². The molecular formula is C32H49N3O4S. The van der Waals surface area contributed by atoms with Gasteiger partial charge in [-0.05, 0) is 81.2 Å². The summed E-state index contributed by atoms with van der Waals surface area (Å²) in [5, 5.41) is 3.10. The van der Waals surface area contributed by atoms with Crippen molar-refractivity contribution >= 4 is 15.9 Å². The Kier molecular flexibility index (Phi) is 8.94. The Morgan fingerprint density at radius 1 is 1.05 bits per heavy atom. The molecule has 1 N–H and O–H groups in total. The third-order valence-corrected chi connectivity index (χ3v) is 10.7. The van der Waals surface area contributed by atoms with Crippen LogP contribution in [0.4, 0.5) is 0 Å². The Morgan fingerprint density at radius 2 is 1.70 bits per heavy atom. The van der Waals surface area contributed by atoms with E-state index in [0.29, 0.717) is 36.1 Å². The molecule has 1 saturated heterocycles. The van der Waals surface area contributed by atoms with E-state index in [0.717, 1.165) is 29.1 Å². The van der Waals surface area contributed by atoms with Crippen LogP contribution >= 0.6 is 0 Å². The van der Waals surface area contributed by atoms with Gasteiger partial charge in [0, 0.05) is 30.0 Å². The highest BCUT2D eigenvalue weighted by Crippen LogP contribution is 2.38. The number of carbonyl (C=O) groups is 1. The van der Waals surface area contributed by atoms with Gasteiger partial charge in [-0.3, -0.25) is 4.79 Å². The smallest absolute Gasteiger partial charge is 0.253 e. The Bertz CT molecular complexity index is 1320. The minimum Gasteiger partial charge on any atom is -0.377 e. The Labute approximate surface area is 241 Å². The van der Waals surface area contributed by atoms with Crippen LogP contribution in [0.5, 0.6) is 0 Å². The first kappa shape index (κ1) is 30.8. The molecule has 1 aliphatic carbocycles. The Morgan fingerprint density at radius 3 is 2.23 bits per heavy atom. The van der Waals surface area contributed by atoms with Crippen LogP contribution in [0.15, 0.2) is 29.2 Å². The van der Waals surface area contributed by atoms with Crippen molar-refractivity contribution in [3.63, 3.8) is 0 Å². The van der Waals surface area contributed by atoms with Gasteiger partial charge in [0.15, 0.2) is 0 Å². The lowest BCUT2D eigenvalue weighted by molar-refractivity contribution is -0.00347. The van der Waals surface area contributed by atoms with Gasteiger partial charge >= 0.3 is 0 Å². The molecule has 0 unspecified atom stereocenters. The molecule has 2 heterocycles. The van der Waals surface area contributed by atoms with Crippen LogP contribution in [0.3, 0.4) is 0 Å². The number of nitrogens with one attached hydrogen (secondary N) is 1. The number of aromatic nitrogens is 1. The van der Waals surface area contributed by atoms with E-state index in [1.54, 1.807) is 10.4 Å². The fraction of sp³-hybridized carbons (Fsp3) is 0.656. The first-order valence-electron chi connectivity index (χ1n) is 14.9. The highest BCUT2D eigenvalue weighted by Gasteiger charge is 2.36. The fourth-order valence-electron chi connectivity index (χ4n) is 6.18. The highest BCUT2D eigenvalue weighted by atomic mass is 32.2. The molecular weight excluding hydrogens is 522 g/mol. The van der Waals surface area contributed by atoms with Gasteiger partial charge in [0.1, 0.15) is 0 Å². The summed E-state index contributed by atoms with van der Waals surface area (Å²) in [6.07, 6.45) is 6.18. The first-order chi connectivity index (χ1) is 18.6. The summed E-state index contributed by atoms with van der Waals surface area (Å²) >= 11 is 0. The maximum Gasteiger partial charge on any atom is 0.253 e. The van der Waals surface area contributed by atoms with Gasteiger partial charge < -0.3 is 14.6 Å². The summed E-state index contributed by atoms with van der Waals surface area (Å²) in [6.45, 7) is 18.3. The lowest BCUT2D eigenvalue weighted by Crippen LogP contribution is -2.48. The molecule has 1 aliphatic heterocycles. The molecule has 4 rings (SSSR count). The zero-order chi connectivity index (χ0) is 29.5. The van der Waals surface area contributed by atoms with E-state index >= 15 is 0 Å². The van der Waals surface area contributed by atoms with Crippen LogP contribution in [0.1, 0.15) is 102 Å². The van der Waals surface area contributed by atoms with E-state index in [4.69, 9.17) is 4.74 Å². The summed E-state index contributed by atoms with van der Waals surface area (Å²) < 4.78 is 37.1. The zero-order valence-electron chi connectivity index (χ0n) is 25.8. The van der Waals surface area contributed by atoms with E-state index in [9.17, 15) is 13.2 Å². The van der Waals surface area contributed by atoms with E-state index < -0.39 is 21.0 Å². The molecule has 0 bridgehead atoms. The van der Waals surface area contributed by atoms with Crippen molar-refractivity contribution in [1.82, 2.24) is 14.2 Å². The van der Waals surface area contributed by atoms with E-state index in [1.165, 1.54) is 32.1 Å². The first-order valence-corrected chi connectivity index (χ1v) is 16.3. The molecule has 0 spiro atoms. The molecule has 8 heteroatoms. The SMILES string of the molecule is CCN(C(C)(C)C)S(=O)(=O)c1ccc(-c2cc(C(=O)NC3COC3)c(C)n2CC2CCCCC2)cc1C(C)(C)C. The average Bonchev–Trinajstić information content (AvgIpc) is 3.16. The summed E-state index contributed by atoms with van der Waals surface area (Å²) in [5.74, 6) is 0.495. The van der Waals surface area contributed by atoms with Gasteiger partial charge in [0.2, 0.25) is 10.0 Å². The molecule has 7 nitrogen and oxygen atoms in total. The van der Waals surface area contributed by atoms with Crippen molar-refractivity contribution < 1.29 is 17.9 Å². The molecule has 0 atom stereocenters. The van der Waals surface area contributed by atoms with Crippen molar-refractivity contribution in [2.24, 2.45) is 5.92 Å². The second-order valence-electron chi connectivity index (χ2n) is 13.7. The molecule has 1 amide bonds. The van der Waals surface area contributed by atoms with Gasteiger partial charge in [-0.15, -0.1) is 0 Å². The van der Waals surface area contributed by atoms with Crippen LogP contribution in [0, 0.1) is 12.8 Å². The number of ether oxygens (including phenoxy) is 1. The normalized spacial score (nSPS) is 17.7. The largest absolute Gasteiger partial charge is 0.377 e. The number of amides is 1. The van der Waals surface area contributed by atoms with Crippen LogP contribution < -0.4 is 5.32 Å². The summed E-state index contributed by atoms with van der Waals surface area (Å²) in [6, 6.07) is 7.79. The van der Waals surface area contributed by atoms with Crippen LogP contribution in [-0.2, 0) is 26.7 Å². The Hall–Kier alpha value is -2.16. The quantitative estimate of drug-likeness (QED) is 0.404. The minimum atomic E-state index is -3.73. The summed E-state index contributed by atoms with van der Waals surface area (Å²) in [7, 11) is -3.73. The second-order valence-corrected chi connectivity index (χ2v) is 15.5. The second kappa shape index (κ2) is 11.6. The van der Waals surface area contributed by atoms with Crippen LogP contribution in [0.25, 0.3) is 11.3 Å². The van der Waals surface area contributed by atoms with Gasteiger partial charge in [-0.1, -0.05) is 53.0 Å². The Balaban J connectivity index is 1.83. The number of hydrogen-bond donors (Lipinski definition) is 1. The topological polar surface area (TPSA) is 80.6 Å². The molecule has 2 aliphatic rings. The molecule has 222 valence electrons. The molecule has 2 aromatic rings. The fourth-order valence-corrected chi connectivity index (χ4v) is 8.36. The van der Waals surface area contributed by atoms with Gasteiger partial charge in [0.05, 0.1) is 29.7 Å². The van der Waals surface area contributed by atoms with Gasteiger partial charge in [0.25, 0.3) is 5.91 Å². The van der Waals surface area contributed by atoms with Gasteiger partial charge in [-0.2, -0.15) is 4.31 Å². The van der Waals surface area contributed by atoms with Crippen molar-refractivity contribution in [1.29, 1.82) is 0 Å². The number of hydrogen-bond acceptors (Lipinski definition) is 4. The molecule has 0 radical (unpaired) electrons. The van der Waals surface area contributed by atoms with Crippen molar-refractivity contribution in [2.75, 3.05) is 19.8 Å². The number of benzene rings is 1. The maximum atomic E-state index is 14.0. The van der Waals surface area contributed by atoms with Crippen molar-refractivity contribution in [2.45, 2.75) is 116 Å². The summed E-state index contributed by atoms with van der Waals surface area (Å²) in [4.78, 5) is 13.7. The third-order valence-electron chi connectivity index (χ3n) is 8.44. The number of sulfonamides is 1. The van der Waals surface area contributed by atoms with E-state index in [1.807, 2.05) is 52.8 Å². The maximum absolute atomic E-state index is 14.0. The van der Waals surface area contributed by atoms with E-state index in [2.05, 4.69) is 30.7 Å². The highest BCUT2D eigenvalue weighted by molar-refractivity contribution is 7.89. The minimum absolute atomic E-state index is 0.0540. The van der Waals surface area contributed by atoms with Crippen molar-refractivity contribution in [3.8, 4) is 11.3 Å². The molecule has 1 aromatic carbocycles. The molecule has 40 heavy (non-hydrogen) atoms. The molecule has 2 fully saturated rings. The number of rotatable bonds is 8. The predicted octanol–water partition coefficient (Wildman–Crippen LogP) is 6.28.